The summed E-state index contributed by atoms with van der Waals surface area (Å²) in [6, 6.07) is 2.13. The lowest BCUT2D eigenvalue weighted by molar-refractivity contribution is 0.551. The summed E-state index contributed by atoms with van der Waals surface area (Å²) in [5.74, 6) is 1.73. The number of imidazole rings is 1. The van der Waals surface area contributed by atoms with Gasteiger partial charge in [-0.2, -0.15) is 0 Å². The lowest BCUT2D eigenvalue weighted by atomic mass is 10.1. The molecule has 1 N–H and O–H groups in total. The third-order valence-corrected chi connectivity index (χ3v) is 3.26. The van der Waals surface area contributed by atoms with Gasteiger partial charge in [0, 0.05) is 42.8 Å². The van der Waals surface area contributed by atoms with E-state index in [0.717, 1.165) is 31.0 Å². The van der Waals surface area contributed by atoms with E-state index >= 15 is 0 Å². The highest BCUT2D eigenvalue weighted by Crippen LogP contribution is 2.17. The van der Waals surface area contributed by atoms with Gasteiger partial charge in [-0.1, -0.05) is 20.8 Å². The number of nitrogens with zero attached hydrogens (tertiary/aromatic N) is 3. The standard InChI is InChI=1S/C16H24N4/c1-5-16-18-6-7-20(16)15-8-13(4)19-11-14(15)10-17-9-12(2)3/h6-8,11-12,17H,5,9-10H2,1-4H3. The molecule has 2 rings (SSSR count). The first-order valence-corrected chi connectivity index (χ1v) is 7.30. The zero-order valence-electron chi connectivity index (χ0n) is 12.8. The van der Waals surface area contributed by atoms with Crippen LogP contribution in [0.1, 0.15) is 37.9 Å². The fourth-order valence-electron chi connectivity index (χ4n) is 2.24. The zero-order chi connectivity index (χ0) is 14.5. The fourth-order valence-corrected chi connectivity index (χ4v) is 2.24. The molecule has 0 bridgehead atoms. The Kier molecular flexibility index (Phi) is 4.90. The molecule has 4 nitrogen and oxygen atoms in total. The van der Waals surface area contributed by atoms with Crippen molar-refractivity contribution in [3.63, 3.8) is 0 Å². The van der Waals surface area contributed by atoms with E-state index in [4.69, 9.17) is 0 Å². The molecule has 20 heavy (non-hydrogen) atoms. The number of rotatable bonds is 6. The van der Waals surface area contributed by atoms with E-state index in [-0.39, 0.29) is 0 Å². The Balaban J connectivity index is 2.28. The predicted octanol–water partition coefficient (Wildman–Crippen LogP) is 2.88. The molecule has 0 spiro atoms. The maximum absolute atomic E-state index is 4.43. The average molecular weight is 272 g/mol. The maximum Gasteiger partial charge on any atom is 0.112 e. The molecule has 0 aliphatic rings. The van der Waals surface area contributed by atoms with Crippen molar-refractivity contribution in [1.29, 1.82) is 0 Å². The smallest absolute Gasteiger partial charge is 0.112 e. The Labute approximate surface area is 121 Å². The maximum atomic E-state index is 4.43. The summed E-state index contributed by atoms with van der Waals surface area (Å²) in [5, 5.41) is 3.49. The topological polar surface area (TPSA) is 42.7 Å². The second-order valence-corrected chi connectivity index (χ2v) is 5.55. The van der Waals surface area contributed by atoms with Crippen molar-refractivity contribution in [3.8, 4) is 5.69 Å². The molecule has 0 unspecified atom stereocenters. The van der Waals surface area contributed by atoms with Gasteiger partial charge in [0.05, 0.1) is 5.69 Å². The molecular weight excluding hydrogens is 248 g/mol. The third-order valence-electron chi connectivity index (χ3n) is 3.26. The van der Waals surface area contributed by atoms with Crippen molar-refractivity contribution in [2.45, 2.75) is 40.7 Å². The first-order valence-electron chi connectivity index (χ1n) is 7.30. The van der Waals surface area contributed by atoms with Crippen molar-refractivity contribution in [1.82, 2.24) is 19.9 Å². The van der Waals surface area contributed by atoms with E-state index in [2.05, 4.69) is 46.7 Å². The van der Waals surface area contributed by atoms with E-state index in [1.54, 1.807) is 0 Å². The summed E-state index contributed by atoms with van der Waals surface area (Å²) in [7, 11) is 0. The molecule has 0 atom stereocenters. The largest absolute Gasteiger partial charge is 0.312 e. The van der Waals surface area contributed by atoms with Crippen LogP contribution in [0.15, 0.2) is 24.7 Å². The van der Waals surface area contributed by atoms with Gasteiger partial charge in [-0.05, 0) is 25.5 Å². The van der Waals surface area contributed by atoms with Crippen LogP contribution >= 0.6 is 0 Å². The molecule has 4 heteroatoms. The van der Waals surface area contributed by atoms with Gasteiger partial charge >= 0.3 is 0 Å². The van der Waals surface area contributed by atoms with Gasteiger partial charge in [0.25, 0.3) is 0 Å². The quantitative estimate of drug-likeness (QED) is 0.879. The van der Waals surface area contributed by atoms with Crippen molar-refractivity contribution in [3.05, 3.63) is 41.7 Å². The summed E-state index contributed by atoms with van der Waals surface area (Å²) in [4.78, 5) is 8.84. The number of aryl methyl sites for hydroxylation is 2. The molecule has 0 fully saturated rings. The molecule has 2 aromatic heterocycles. The molecule has 2 aromatic rings. The molecule has 108 valence electrons. The highest BCUT2D eigenvalue weighted by molar-refractivity contribution is 5.42. The monoisotopic (exact) mass is 272 g/mol. The molecule has 0 saturated heterocycles. The zero-order valence-corrected chi connectivity index (χ0v) is 12.8. The van der Waals surface area contributed by atoms with Gasteiger partial charge in [0.1, 0.15) is 5.82 Å². The Hall–Kier alpha value is -1.68. The van der Waals surface area contributed by atoms with E-state index in [9.17, 15) is 0 Å². The molecule has 0 aliphatic carbocycles. The van der Waals surface area contributed by atoms with Crippen LogP contribution in [0.3, 0.4) is 0 Å². The first-order chi connectivity index (χ1) is 9.61. The second-order valence-electron chi connectivity index (χ2n) is 5.55. The van der Waals surface area contributed by atoms with Gasteiger partial charge < -0.3 is 9.88 Å². The van der Waals surface area contributed by atoms with Crippen LogP contribution in [0, 0.1) is 12.8 Å². The van der Waals surface area contributed by atoms with Gasteiger partial charge in [-0.15, -0.1) is 0 Å². The van der Waals surface area contributed by atoms with Crippen LogP contribution in [0.25, 0.3) is 5.69 Å². The Morgan fingerprint density at radius 3 is 2.80 bits per heavy atom. The van der Waals surface area contributed by atoms with Crippen LogP contribution in [-0.4, -0.2) is 21.1 Å². The lowest BCUT2D eigenvalue weighted by Gasteiger charge is -2.14. The molecule has 0 aromatic carbocycles. The van der Waals surface area contributed by atoms with Crippen LogP contribution in [0.2, 0.25) is 0 Å². The number of hydrogen-bond acceptors (Lipinski definition) is 3. The first kappa shape index (κ1) is 14.7. The van der Waals surface area contributed by atoms with E-state index in [1.807, 2.05) is 25.5 Å². The summed E-state index contributed by atoms with van der Waals surface area (Å²) in [5.41, 5.74) is 3.43. The minimum absolute atomic E-state index is 0.649. The Morgan fingerprint density at radius 1 is 1.30 bits per heavy atom. The van der Waals surface area contributed by atoms with E-state index in [1.165, 1.54) is 11.3 Å². The van der Waals surface area contributed by atoms with Gasteiger partial charge in [-0.3, -0.25) is 4.98 Å². The lowest BCUT2D eigenvalue weighted by Crippen LogP contribution is -2.20. The van der Waals surface area contributed by atoms with Crippen LogP contribution in [0.5, 0.6) is 0 Å². The van der Waals surface area contributed by atoms with E-state index < -0.39 is 0 Å². The highest BCUT2D eigenvalue weighted by atomic mass is 15.1. The van der Waals surface area contributed by atoms with Gasteiger partial charge in [0.2, 0.25) is 0 Å². The molecule has 0 amide bonds. The SMILES string of the molecule is CCc1nccn1-c1cc(C)ncc1CNCC(C)C. The molecule has 0 saturated carbocycles. The summed E-state index contributed by atoms with van der Waals surface area (Å²) >= 11 is 0. The van der Waals surface area contributed by atoms with E-state index in [0.29, 0.717) is 5.92 Å². The number of aromatic nitrogens is 3. The fraction of sp³-hybridized carbons (Fsp3) is 0.500. The molecular formula is C16H24N4. The van der Waals surface area contributed by atoms with Gasteiger partial charge in [-0.25, -0.2) is 4.98 Å². The summed E-state index contributed by atoms with van der Waals surface area (Å²) in [6.07, 6.45) is 6.78. The summed E-state index contributed by atoms with van der Waals surface area (Å²) in [6.45, 7) is 10.4. The number of nitrogens with one attached hydrogen (secondary N) is 1. The number of pyridine rings is 1. The van der Waals surface area contributed by atoms with Crippen LogP contribution in [-0.2, 0) is 13.0 Å². The Morgan fingerprint density at radius 2 is 2.10 bits per heavy atom. The molecule has 0 radical (unpaired) electrons. The van der Waals surface area contributed by atoms with Crippen LogP contribution in [0.4, 0.5) is 0 Å². The average Bonchev–Trinajstić information content (AvgIpc) is 2.88. The van der Waals surface area contributed by atoms with Crippen LogP contribution < -0.4 is 5.32 Å². The van der Waals surface area contributed by atoms with Crippen molar-refractivity contribution >= 4 is 0 Å². The van der Waals surface area contributed by atoms with Crippen molar-refractivity contribution < 1.29 is 0 Å². The summed E-state index contributed by atoms with van der Waals surface area (Å²) < 4.78 is 2.17. The molecule has 0 aliphatic heterocycles. The van der Waals surface area contributed by atoms with Gasteiger partial charge in [0.15, 0.2) is 0 Å². The minimum atomic E-state index is 0.649. The second kappa shape index (κ2) is 6.66. The van der Waals surface area contributed by atoms with Crippen molar-refractivity contribution in [2.75, 3.05) is 6.54 Å². The normalized spacial score (nSPS) is 11.2. The van der Waals surface area contributed by atoms with Crippen molar-refractivity contribution in [2.24, 2.45) is 5.92 Å². The Bertz CT molecular complexity index is 557. The molecule has 2 heterocycles. The predicted molar refractivity (Wildman–Crippen MR) is 82.0 cm³/mol. The minimum Gasteiger partial charge on any atom is -0.312 e. The number of hydrogen-bond donors (Lipinski definition) is 1. The third kappa shape index (κ3) is 3.45. The highest BCUT2D eigenvalue weighted by Gasteiger charge is 2.09.